The van der Waals surface area contributed by atoms with Crippen LogP contribution in [0.1, 0.15) is 55.5 Å². The van der Waals surface area contributed by atoms with Crippen molar-refractivity contribution in [2.45, 2.75) is 51.5 Å². The van der Waals surface area contributed by atoms with Crippen molar-refractivity contribution in [2.75, 3.05) is 6.54 Å². The van der Waals surface area contributed by atoms with Gasteiger partial charge >= 0.3 is 0 Å². The Morgan fingerprint density at radius 1 is 1.33 bits per heavy atom. The summed E-state index contributed by atoms with van der Waals surface area (Å²) in [4.78, 5) is 1.52. The molecule has 1 aromatic heterocycles. The molecule has 0 radical (unpaired) electrons. The lowest BCUT2D eigenvalue weighted by Crippen LogP contribution is -2.30. The molecule has 0 bridgehead atoms. The predicted molar refractivity (Wildman–Crippen MR) is 79.5 cm³/mol. The molecule has 0 spiro atoms. The maximum absolute atomic E-state index is 6.16. The zero-order valence-corrected chi connectivity index (χ0v) is 12.6. The largest absolute Gasteiger partial charge is 0.310 e. The van der Waals surface area contributed by atoms with Gasteiger partial charge in [0.1, 0.15) is 0 Å². The molecular weight excluding hydrogens is 262 g/mol. The highest BCUT2D eigenvalue weighted by Crippen LogP contribution is 2.38. The fourth-order valence-corrected chi connectivity index (χ4v) is 4.94. The summed E-state index contributed by atoms with van der Waals surface area (Å²) >= 11 is 7.94. The molecule has 1 heterocycles. The number of hydrogen-bond donors (Lipinski definition) is 1. The van der Waals surface area contributed by atoms with Gasteiger partial charge in [-0.1, -0.05) is 31.4 Å². The first-order chi connectivity index (χ1) is 8.74. The lowest BCUT2D eigenvalue weighted by Gasteiger charge is -2.26. The van der Waals surface area contributed by atoms with Crippen LogP contribution in [-0.4, -0.2) is 6.54 Å². The fourth-order valence-electron chi connectivity index (χ4n) is 3.55. The average molecular weight is 284 g/mol. The van der Waals surface area contributed by atoms with Gasteiger partial charge in [0, 0.05) is 10.9 Å². The first-order valence-electron chi connectivity index (χ1n) is 7.25. The number of aryl methyl sites for hydroxylation is 1. The molecule has 3 unspecified atom stereocenters. The zero-order chi connectivity index (χ0) is 12.5. The topological polar surface area (TPSA) is 12.0 Å². The van der Waals surface area contributed by atoms with Crippen molar-refractivity contribution >= 4 is 22.9 Å². The van der Waals surface area contributed by atoms with Crippen LogP contribution in [0.5, 0.6) is 0 Å². The molecule has 3 heteroatoms. The average Bonchev–Trinajstić information content (AvgIpc) is 2.91. The van der Waals surface area contributed by atoms with E-state index in [2.05, 4.69) is 18.3 Å². The summed E-state index contributed by atoms with van der Waals surface area (Å²) in [5.41, 5.74) is 1.49. The Bertz CT molecular complexity index is 415. The molecule has 100 valence electrons. The third-order valence-corrected chi connectivity index (χ3v) is 6.09. The molecule has 2 aliphatic rings. The van der Waals surface area contributed by atoms with Gasteiger partial charge in [0.2, 0.25) is 0 Å². The van der Waals surface area contributed by atoms with Crippen molar-refractivity contribution in [2.24, 2.45) is 11.8 Å². The van der Waals surface area contributed by atoms with E-state index in [0.717, 1.165) is 16.2 Å². The van der Waals surface area contributed by atoms with Gasteiger partial charge < -0.3 is 5.32 Å². The third kappa shape index (κ3) is 2.61. The van der Waals surface area contributed by atoms with Gasteiger partial charge in [-0.15, -0.1) is 11.3 Å². The summed E-state index contributed by atoms with van der Waals surface area (Å²) in [6.45, 7) is 3.60. The molecular formula is C15H22ClNS. The van der Waals surface area contributed by atoms with Crippen molar-refractivity contribution in [3.63, 3.8) is 0 Å². The SMILES string of the molecule is CC1CCCC1CNC1CCCc2sc(Cl)cc21. The van der Waals surface area contributed by atoms with Gasteiger partial charge in [-0.25, -0.2) is 0 Å². The van der Waals surface area contributed by atoms with Gasteiger partial charge in [-0.2, -0.15) is 0 Å². The second-order valence-electron chi connectivity index (χ2n) is 5.95. The highest BCUT2D eigenvalue weighted by molar-refractivity contribution is 7.16. The Labute approximate surface area is 119 Å². The minimum atomic E-state index is 0.560. The number of halogens is 1. The molecule has 0 amide bonds. The van der Waals surface area contributed by atoms with Crippen molar-refractivity contribution < 1.29 is 0 Å². The van der Waals surface area contributed by atoms with Gasteiger partial charge in [0.25, 0.3) is 0 Å². The van der Waals surface area contributed by atoms with Crippen LogP contribution in [-0.2, 0) is 6.42 Å². The smallest absolute Gasteiger partial charge is 0.0934 e. The maximum Gasteiger partial charge on any atom is 0.0934 e. The standard InChI is InChI=1S/C15H22ClNS/c1-10-4-2-5-11(10)9-17-13-6-3-7-14-12(13)8-15(16)18-14/h8,10-11,13,17H,2-7,9H2,1H3. The highest BCUT2D eigenvalue weighted by atomic mass is 35.5. The van der Waals surface area contributed by atoms with Gasteiger partial charge in [-0.3, -0.25) is 0 Å². The Kier molecular flexibility index (Phi) is 3.97. The summed E-state index contributed by atoms with van der Waals surface area (Å²) in [5.74, 6) is 1.80. The Balaban J connectivity index is 1.63. The highest BCUT2D eigenvalue weighted by Gasteiger charge is 2.26. The van der Waals surface area contributed by atoms with Crippen LogP contribution in [0, 0.1) is 11.8 Å². The molecule has 1 nitrogen and oxygen atoms in total. The molecule has 1 fully saturated rings. The van der Waals surface area contributed by atoms with Crippen LogP contribution in [0.15, 0.2) is 6.07 Å². The number of rotatable bonds is 3. The molecule has 2 aliphatic carbocycles. The minimum absolute atomic E-state index is 0.560. The van der Waals surface area contributed by atoms with E-state index in [-0.39, 0.29) is 0 Å². The summed E-state index contributed by atoms with van der Waals surface area (Å²) in [5, 5.41) is 3.81. The van der Waals surface area contributed by atoms with Gasteiger partial charge in [0.15, 0.2) is 0 Å². The number of nitrogens with one attached hydrogen (secondary N) is 1. The van der Waals surface area contributed by atoms with Crippen LogP contribution in [0.4, 0.5) is 0 Å². The summed E-state index contributed by atoms with van der Waals surface area (Å²) in [6.07, 6.45) is 8.08. The second kappa shape index (κ2) is 5.52. The Hall–Kier alpha value is -0.0500. The molecule has 0 saturated heterocycles. The lowest BCUT2D eigenvalue weighted by atomic mass is 9.92. The molecule has 0 aliphatic heterocycles. The minimum Gasteiger partial charge on any atom is -0.310 e. The van der Waals surface area contributed by atoms with Gasteiger partial charge in [-0.05, 0) is 55.7 Å². The van der Waals surface area contributed by atoms with E-state index in [1.165, 1.54) is 55.5 Å². The van der Waals surface area contributed by atoms with Crippen LogP contribution in [0.25, 0.3) is 0 Å². The maximum atomic E-state index is 6.16. The quantitative estimate of drug-likeness (QED) is 0.840. The zero-order valence-electron chi connectivity index (χ0n) is 11.0. The van der Waals surface area contributed by atoms with E-state index in [1.54, 1.807) is 11.3 Å². The van der Waals surface area contributed by atoms with Crippen molar-refractivity contribution in [3.05, 3.63) is 20.8 Å². The first-order valence-corrected chi connectivity index (χ1v) is 8.45. The lowest BCUT2D eigenvalue weighted by molar-refractivity contribution is 0.354. The van der Waals surface area contributed by atoms with E-state index < -0.39 is 0 Å². The van der Waals surface area contributed by atoms with Gasteiger partial charge in [0.05, 0.1) is 4.34 Å². The van der Waals surface area contributed by atoms with Crippen molar-refractivity contribution in [1.82, 2.24) is 5.32 Å². The van der Waals surface area contributed by atoms with Crippen LogP contribution >= 0.6 is 22.9 Å². The van der Waals surface area contributed by atoms with Crippen molar-refractivity contribution in [3.8, 4) is 0 Å². The van der Waals surface area contributed by atoms with Crippen LogP contribution in [0.3, 0.4) is 0 Å². The molecule has 18 heavy (non-hydrogen) atoms. The van der Waals surface area contributed by atoms with Crippen LogP contribution < -0.4 is 5.32 Å². The molecule has 1 aromatic rings. The van der Waals surface area contributed by atoms with E-state index >= 15 is 0 Å². The summed E-state index contributed by atoms with van der Waals surface area (Å²) in [6, 6.07) is 2.75. The van der Waals surface area contributed by atoms with Crippen molar-refractivity contribution in [1.29, 1.82) is 0 Å². The molecule has 1 N–H and O–H groups in total. The molecule has 3 atom stereocenters. The fraction of sp³-hybridized carbons (Fsp3) is 0.733. The normalized spacial score (nSPS) is 31.6. The first kappa shape index (κ1) is 13.0. The third-order valence-electron chi connectivity index (χ3n) is 4.75. The number of hydrogen-bond acceptors (Lipinski definition) is 2. The van der Waals surface area contributed by atoms with E-state index in [1.807, 2.05) is 0 Å². The van der Waals surface area contributed by atoms with E-state index in [9.17, 15) is 0 Å². The van der Waals surface area contributed by atoms with E-state index in [4.69, 9.17) is 11.6 Å². The van der Waals surface area contributed by atoms with E-state index in [0.29, 0.717) is 6.04 Å². The monoisotopic (exact) mass is 283 g/mol. The molecule has 3 rings (SSSR count). The predicted octanol–water partition coefficient (Wildman–Crippen LogP) is 4.80. The Morgan fingerprint density at radius 3 is 3.00 bits per heavy atom. The molecule has 0 aromatic carbocycles. The summed E-state index contributed by atoms with van der Waals surface area (Å²) < 4.78 is 0.961. The molecule has 1 saturated carbocycles. The van der Waals surface area contributed by atoms with Crippen LogP contribution in [0.2, 0.25) is 4.34 Å². The number of fused-ring (bicyclic) bond motifs is 1. The second-order valence-corrected chi connectivity index (χ2v) is 7.72. The Morgan fingerprint density at radius 2 is 2.22 bits per heavy atom. The summed E-state index contributed by atoms with van der Waals surface area (Å²) in [7, 11) is 0. The number of thiophene rings is 1.